The van der Waals surface area contributed by atoms with Gasteiger partial charge in [0, 0.05) is 25.3 Å². The Bertz CT molecular complexity index is 355. The fraction of sp³-hybridized carbons (Fsp3) is 0.667. The molecule has 0 unspecified atom stereocenters. The van der Waals surface area contributed by atoms with Crippen LogP contribution in [0.5, 0.6) is 0 Å². The minimum Gasteiger partial charge on any atom is -0.296 e. The number of hydrogen-bond acceptors (Lipinski definition) is 2. The van der Waals surface area contributed by atoms with E-state index < -0.39 is 0 Å². The van der Waals surface area contributed by atoms with Gasteiger partial charge in [0.1, 0.15) is 5.15 Å². The van der Waals surface area contributed by atoms with Crippen molar-refractivity contribution in [3.05, 3.63) is 29.0 Å². The van der Waals surface area contributed by atoms with E-state index in [9.17, 15) is 0 Å². The van der Waals surface area contributed by atoms with E-state index in [-0.39, 0.29) is 0 Å². The summed E-state index contributed by atoms with van der Waals surface area (Å²) in [7, 11) is 0. The maximum absolute atomic E-state index is 5.83. The average molecular weight is 267 g/mol. The third kappa shape index (κ3) is 3.96. The second-order valence-corrected chi connectivity index (χ2v) is 6.14. The molecule has 2 nitrogen and oxygen atoms in total. The van der Waals surface area contributed by atoms with Crippen molar-refractivity contribution in [1.29, 1.82) is 0 Å². The highest BCUT2D eigenvalue weighted by Crippen LogP contribution is 2.25. The lowest BCUT2D eigenvalue weighted by Crippen LogP contribution is -2.35. The normalized spacial score (nSPS) is 16.9. The quantitative estimate of drug-likeness (QED) is 0.745. The molecule has 100 valence electrons. The van der Waals surface area contributed by atoms with Gasteiger partial charge in [-0.3, -0.25) is 4.90 Å². The summed E-state index contributed by atoms with van der Waals surface area (Å²) in [5.41, 5.74) is 1.27. The fourth-order valence-corrected chi connectivity index (χ4v) is 2.93. The highest BCUT2D eigenvalue weighted by Gasteiger charge is 2.23. The second-order valence-electron chi connectivity index (χ2n) is 5.75. The van der Waals surface area contributed by atoms with Gasteiger partial charge in [-0.15, -0.1) is 0 Å². The zero-order valence-corrected chi connectivity index (χ0v) is 12.2. The van der Waals surface area contributed by atoms with Gasteiger partial charge < -0.3 is 0 Å². The molecule has 1 fully saturated rings. The number of nitrogens with zero attached hydrogens (tertiary/aromatic N) is 2. The van der Waals surface area contributed by atoms with Crippen molar-refractivity contribution in [1.82, 2.24) is 9.88 Å². The molecule has 1 aliphatic carbocycles. The van der Waals surface area contributed by atoms with Crippen LogP contribution in [0.25, 0.3) is 0 Å². The first-order valence-corrected chi connectivity index (χ1v) is 7.37. The molecule has 0 radical (unpaired) electrons. The summed E-state index contributed by atoms with van der Waals surface area (Å²) in [6.07, 6.45) is 7.39. The summed E-state index contributed by atoms with van der Waals surface area (Å²) in [4.78, 5) is 6.80. The van der Waals surface area contributed by atoms with E-state index in [2.05, 4.69) is 29.8 Å². The lowest BCUT2D eigenvalue weighted by atomic mass is 10.1. The minimum atomic E-state index is 0.579. The van der Waals surface area contributed by atoms with E-state index in [1.807, 2.05) is 12.3 Å². The van der Waals surface area contributed by atoms with Crippen LogP contribution in [0.4, 0.5) is 0 Å². The van der Waals surface area contributed by atoms with Gasteiger partial charge in [0.05, 0.1) is 0 Å². The summed E-state index contributed by atoms with van der Waals surface area (Å²) in [6.45, 7) is 6.77. The summed E-state index contributed by atoms with van der Waals surface area (Å²) in [6, 6.07) is 4.75. The van der Waals surface area contributed by atoms with Crippen molar-refractivity contribution in [2.75, 3.05) is 6.54 Å². The van der Waals surface area contributed by atoms with Gasteiger partial charge in [-0.05, 0) is 30.4 Å². The molecule has 1 aliphatic rings. The van der Waals surface area contributed by atoms with E-state index in [0.29, 0.717) is 11.1 Å². The first kappa shape index (κ1) is 13.8. The van der Waals surface area contributed by atoms with Crippen LogP contribution in [-0.4, -0.2) is 22.5 Å². The van der Waals surface area contributed by atoms with Crippen molar-refractivity contribution >= 4 is 11.6 Å². The highest BCUT2D eigenvalue weighted by atomic mass is 35.5. The van der Waals surface area contributed by atoms with Gasteiger partial charge in [-0.25, -0.2) is 4.98 Å². The summed E-state index contributed by atoms with van der Waals surface area (Å²) >= 11 is 5.83. The van der Waals surface area contributed by atoms with Crippen LogP contribution >= 0.6 is 11.6 Å². The second kappa shape index (κ2) is 6.53. The predicted octanol–water partition coefficient (Wildman–Crippen LogP) is 4.14. The molecule has 0 aromatic carbocycles. The summed E-state index contributed by atoms with van der Waals surface area (Å²) in [5, 5.41) is 0.579. The molecule has 0 aliphatic heterocycles. The molecule has 0 saturated heterocycles. The zero-order valence-electron chi connectivity index (χ0n) is 11.4. The minimum absolute atomic E-state index is 0.579. The first-order valence-electron chi connectivity index (χ1n) is 6.99. The first-order chi connectivity index (χ1) is 8.65. The maximum Gasteiger partial charge on any atom is 0.129 e. The molecule has 0 atom stereocenters. The third-order valence-corrected chi connectivity index (χ3v) is 3.84. The monoisotopic (exact) mass is 266 g/mol. The molecule has 0 bridgehead atoms. The van der Waals surface area contributed by atoms with Gasteiger partial charge in [-0.1, -0.05) is 44.4 Å². The van der Waals surface area contributed by atoms with Gasteiger partial charge in [0.15, 0.2) is 0 Å². The summed E-state index contributed by atoms with van der Waals surface area (Å²) < 4.78 is 0. The Balaban J connectivity index is 2.01. The Morgan fingerprint density at radius 3 is 2.61 bits per heavy atom. The van der Waals surface area contributed by atoms with Gasteiger partial charge >= 0.3 is 0 Å². The molecule has 0 amide bonds. The van der Waals surface area contributed by atoms with E-state index in [4.69, 9.17) is 11.6 Å². The van der Waals surface area contributed by atoms with Crippen LogP contribution in [0.1, 0.15) is 45.1 Å². The van der Waals surface area contributed by atoms with E-state index in [0.717, 1.165) is 12.6 Å². The van der Waals surface area contributed by atoms with E-state index >= 15 is 0 Å². The van der Waals surface area contributed by atoms with Crippen LogP contribution in [0, 0.1) is 5.92 Å². The number of rotatable bonds is 5. The van der Waals surface area contributed by atoms with Gasteiger partial charge in [-0.2, -0.15) is 0 Å². The maximum atomic E-state index is 5.83. The predicted molar refractivity (Wildman–Crippen MR) is 76.8 cm³/mol. The zero-order chi connectivity index (χ0) is 13.0. The Morgan fingerprint density at radius 2 is 2.06 bits per heavy atom. The van der Waals surface area contributed by atoms with Crippen LogP contribution in [0.3, 0.4) is 0 Å². The van der Waals surface area contributed by atoms with Crippen molar-refractivity contribution in [3.8, 4) is 0 Å². The van der Waals surface area contributed by atoms with Crippen LogP contribution in [0.15, 0.2) is 18.3 Å². The smallest absolute Gasteiger partial charge is 0.129 e. The Morgan fingerprint density at radius 1 is 1.33 bits per heavy atom. The van der Waals surface area contributed by atoms with E-state index in [1.54, 1.807) is 0 Å². The molecule has 3 heteroatoms. The third-order valence-electron chi connectivity index (χ3n) is 3.62. The molecule has 1 aromatic rings. The largest absolute Gasteiger partial charge is 0.296 e. The fourth-order valence-electron chi connectivity index (χ4n) is 2.82. The molecule has 18 heavy (non-hydrogen) atoms. The lowest BCUT2D eigenvalue weighted by molar-refractivity contribution is 0.168. The van der Waals surface area contributed by atoms with E-state index in [1.165, 1.54) is 37.8 Å². The van der Waals surface area contributed by atoms with Crippen LogP contribution < -0.4 is 0 Å². The number of pyridine rings is 1. The standard InChI is InChI=1S/C15H23ClN2/c1-12(2)10-18(14-5-3-4-6-14)11-13-7-8-15(16)17-9-13/h7-9,12,14H,3-6,10-11H2,1-2H3. The van der Waals surface area contributed by atoms with Crippen LogP contribution in [-0.2, 0) is 6.54 Å². The number of hydrogen-bond donors (Lipinski definition) is 0. The highest BCUT2D eigenvalue weighted by molar-refractivity contribution is 6.29. The molecule has 0 N–H and O–H groups in total. The summed E-state index contributed by atoms with van der Waals surface area (Å²) in [5.74, 6) is 0.714. The molecule has 1 aromatic heterocycles. The van der Waals surface area contributed by atoms with Crippen molar-refractivity contribution < 1.29 is 0 Å². The van der Waals surface area contributed by atoms with Gasteiger partial charge in [0.2, 0.25) is 0 Å². The number of aromatic nitrogens is 1. The van der Waals surface area contributed by atoms with Crippen LogP contribution in [0.2, 0.25) is 5.15 Å². The van der Waals surface area contributed by atoms with Crippen molar-refractivity contribution in [2.24, 2.45) is 5.92 Å². The number of halogens is 1. The Hall–Kier alpha value is -0.600. The molecule has 1 saturated carbocycles. The van der Waals surface area contributed by atoms with Crippen molar-refractivity contribution in [2.45, 2.75) is 52.1 Å². The topological polar surface area (TPSA) is 16.1 Å². The molecule has 1 heterocycles. The van der Waals surface area contributed by atoms with Crippen molar-refractivity contribution in [3.63, 3.8) is 0 Å². The molecular weight excluding hydrogens is 244 g/mol. The Labute approximate surface area is 115 Å². The molecular formula is C15H23ClN2. The molecule has 0 spiro atoms. The van der Waals surface area contributed by atoms with Gasteiger partial charge in [0.25, 0.3) is 0 Å². The molecule has 2 rings (SSSR count). The average Bonchev–Trinajstić information content (AvgIpc) is 2.84. The Kier molecular flexibility index (Phi) is 5.02. The SMILES string of the molecule is CC(C)CN(Cc1ccc(Cl)nc1)C1CCCC1. The lowest BCUT2D eigenvalue weighted by Gasteiger charge is -2.30.